The van der Waals surface area contributed by atoms with Gasteiger partial charge in [-0.3, -0.25) is 4.79 Å². The van der Waals surface area contributed by atoms with Crippen LogP contribution in [0.3, 0.4) is 0 Å². The van der Waals surface area contributed by atoms with Crippen LogP contribution in [0, 0.1) is 0 Å². The number of nitrogens with one attached hydrogen (secondary N) is 1. The lowest BCUT2D eigenvalue weighted by Crippen LogP contribution is -2.25. The second kappa shape index (κ2) is 7.89. The highest BCUT2D eigenvalue weighted by atomic mass is 35.5. The van der Waals surface area contributed by atoms with Gasteiger partial charge in [0.05, 0.1) is 19.8 Å². The van der Waals surface area contributed by atoms with E-state index in [2.05, 4.69) is 5.32 Å². The summed E-state index contributed by atoms with van der Waals surface area (Å²) in [4.78, 5) is 12.1. The van der Waals surface area contributed by atoms with E-state index < -0.39 is 0 Å². The quantitative estimate of drug-likeness (QED) is 0.619. The van der Waals surface area contributed by atoms with E-state index in [0.717, 1.165) is 12.8 Å². The first-order valence-corrected chi connectivity index (χ1v) is 6.66. The molecule has 1 amide bonds. The van der Waals surface area contributed by atoms with Crippen LogP contribution in [0.1, 0.15) is 30.1 Å². The minimum absolute atomic E-state index is 0.128. The minimum atomic E-state index is -0.169. The standard InChI is InChI=1S/C14H20ClNO3/c1-10(15)5-4-8-16-14(17)12-9-11(18-2)6-7-13(12)19-3/h6-7,9-10H,4-5,8H2,1-3H3,(H,16,17). The lowest BCUT2D eigenvalue weighted by molar-refractivity contribution is 0.0949. The van der Waals surface area contributed by atoms with Gasteiger partial charge in [0.25, 0.3) is 5.91 Å². The number of methoxy groups -OCH3 is 2. The summed E-state index contributed by atoms with van der Waals surface area (Å²) < 4.78 is 10.3. The first kappa shape index (κ1) is 15.6. The Hall–Kier alpha value is -1.42. The Morgan fingerprint density at radius 1 is 1.37 bits per heavy atom. The fourth-order valence-electron chi connectivity index (χ4n) is 1.67. The molecule has 1 aromatic rings. The third-order valence-electron chi connectivity index (χ3n) is 2.72. The highest BCUT2D eigenvalue weighted by Crippen LogP contribution is 2.23. The van der Waals surface area contributed by atoms with Gasteiger partial charge in [0.15, 0.2) is 0 Å². The minimum Gasteiger partial charge on any atom is -0.497 e. The van der Waals surface area contributed by atoms with Gasteiger partial charge in [-0.25, -0.2) is 0 Å². The molecule has 0 aliphatic carbocycles. The Balaban J connectivity index is 2.64. The molecule has 4 nitrogen and oxygen atoms in total. The van der Waals surface area contributed by atoms with E-state index in [1.807, 2.05) is 6.92 Å². The molecule has 0 saturated heterocycles. The number of rotatable bonds is 7. The van der Waals surface area contributed by atoms with Crippen molar-refractivity contribution in [3.8, 4) is 11.5 Å². The summed E-state index contributed by atoms with van der Waals surface area (Å²) in [5.74, 6) is 0.988. The molecule has 1 unspecified atom stereocenters. The predicted octanol–water partition coefficient (Wildman–Crippen LogP) is 2.84. The van der Waals surface area contributed by atoms with Gasteiger partial charge in [-0.2, -0.15) is 0 Å². The Morgan fingerprint density at radius 3 is 2.68 bits per heavy atom. The summed E-state index contributed by atoms with van der Waals surface area (Å²) in [6, 6.07) is 5.14. The summed E-state index contributed by atoms with van der Waals surface area (Å²) in [7, 11) is 3.10. The molecule has 0 aliphatic heterocycles. The van der Waals surface area contributed by atoms with Crippen molar-refractivity contribution in [3.63, 3.8) is 0 Å². The van der Waals surface area contributed by atoms with Crippen molar-refractivity contribution in [1.82, 2.24) is 5.32 Å². The summed E-state index contributed by atoms with van der Waals surface area (Å²) in [5.41, 5.74) is 0.473. The second-order valence-electron chi connectivity index (χ2n) is 4.25. The van der Waals surface area contributed by atoms with Crippen molar-refractivity contribution in [2.45, 2.75) is 25.1 Å². The molecule has 0 spiro atoms. The predicted molar refractivity (Wildman–Crippen MR) is 76.4 cm³/mol. The smallest absolute Gasteiger partial charge is 0.255 e. The Morgan fingerprint density at radius 2 is 2.11 bits per heavy atom. The Kier molecular flexibility index (Phi) is 6.50. The first-order chi connectivity index (χ1) is 9.08. The van der Waals surface area contributed by atoms with Crippen LogP contribution in [0.15, 0.2) is 18.2 Å². The molecule has 0 radical (unpaired) electrons. The molecule has 0 aliphatic rings. The molecule has 106 valence electrons. The van der Waals surface area contributed by atoms with Gasteiger partial charge in [-0.05, 0) is 38.0 Å². The zero-order valence-electron chi connectivity index (χ0n) is 11.5. The van der Waals surface area contributed by atoms with Gasteiger partial charge in [0, 0.05) is 11.9 Å². The first-order valence-electron chi connectivity index (χ1n) is 6.22. The highest BCUT2D eigenvalue weighted by molar-refractivity contribution is 6.20. The molecule has 19 heavy (non-hydrogen) atoms. The van der Waals surface area contributed by atoms with E-state index in [0.29, 0.717) is 23.6 Å². The van der Waals surface area contributed by atoms with E-state index in [-0.39, 0.29) is 11.3 Å². The molecule has 5 heteroatoms. The molecular weight excluding hydrogens is 266 g/mol. The van der Waals surface area contributed by atoms with E-state index in [4.69, 9.17) is 21.1 Å². The van der Waals surface area contributed by atoms with Crippen molar-refractivity contribution in [1.29, 1.82) is 0 Å². The second-order valence-corrected chi connectivity index (χ2v) is 4.99. The number of hydrogen-bond donors (Lipinski definition) is 1. The van der Waals surface area contributed by atoms with Crippen molar-refractivity contribution < 1.29 is 14.3 Å². The van der Waals surface area contributed by atoms with Crippen LogP contribution in [0.4, 0.5) is 0 Å². The summed E-state index contributed by atoms with van der Waals surface area (Å²) in [5, 5.41) is 2.98. The molecule has 0 saturated carbocycles. The maximum Gasteiger partial charge on any atom is 0.255 e. The van der Waals surface area contributed by atoms with Gasteiger partial charge in [0.2, 0.25) is 0 Å². The van der Waals surface area contributed by atoms with Crippen LogP contribution in [0.25, 0.3) is 0 Å². The monoisotopic (exact) mass is 285 g/mol. The SMILES string of the molecule is COc1ccc(OC)c(C(=O)NCCCC(C)Cl)c1. The largest absolute Gasteiger partial charge is 0.497 e. The van der Waals surface area contributed by atoms with Gasteiger partial charge < -0.3 is 14.8 Å². The number of amides is 1. The topological polar surface area (TPSA) is 47.6 Å². The third-order valence-corrected chi connectivity index (χ3v) is 2.93. The number of alkyl halides is 1. The number of halogens is 1. The average Bonchev–Trinajstić information content (AvgIpc) is 2.42. The summed E-state index contributed by atoms with van der Waals surface area (Å²) in [6.07, 6.45) is 1.72. The van der Waals surface area contributed by atoms with Crippen LogP contribution in [-0.2, 0) is 0 Å². The normalized spacial score (nSPS) is 11.8. The Labute approximate surface area is 119 Å². The van der Waals surface area contributed by atoms with E-state index in [1.54, 1.807) is 25.3 Å². The van der Waals surface area contributed by atoms with Crippen LogP contribution < -0.4 is 14.8 Å². The van der Waals surface area contributed by atoms with E-state index >= 15 is 0 Å². The van der Waals surface area contributed by atoms with E-state index in [1.165, 1.54) is 7.11 Å². The molecule has 1 atom stereocenters. The molecule has 1 rings (SSSR count). The Bertz CT molecular complexity index is 421. The van der Waals surface area contributed by atoms with Gasteiger partial charge in [-0.1, -0.05) is 0 Å². The average molecular weight is 286 g/mol. The molecular formula is C14H20ClNO3. The van der Waals surface area contributed by atoms with E-state index in [9.17, 15) is 4.79 Å². The van der Waals surface area contributed by atoms with Crippen molar-refractivity contribution in [2.75, 3.05) is 20.8 Å². The number of benzene rings is 1. The third kappa shape index (κ3) is 4.99. The fourth-order valence-corrected chi connectivity index (χ4v) is 1.83. The number of ether oxygens (including phenoxy) is 2. The van der Waals surface area contributed by atoms with Crippen LogP contribution in [0.2, 0.25) is 0 Å². The van der Waals surface area contributed by atoms with Gasteiger partial charge >= 0.3 is 0 Å². The fraction of sp³-hybridized carbons (Fsp3) is 0.500. The van der Waals surface area contributed by atoms with Crippen molar-refractivity contribution in [2.24, 2.45) is 0 Å². The maximum atomic E-state index is 12.1. The molecule has 0 heterocycles. The van der Waals surface area contributed by atoms with Gasteiger partial charge in [0.1, 0.15) is 11.5 Å². The van der Waals surface area contributed by atoms with Crippen LogP contribution in [0.5, 0.6) is 11.5 Å². The summed E-state index contributed by atoms with van der Waals surface area (Å²) >= 11 is 5.85. The van der Waals surface area contributed by atoms with Gasteiger partial charge in [-0.15, -0.1) is 11.6 Å². The van der Waals surface area contributed by atoms with Crippen molar-refractivity contribution in [3.05, 3.63) is 23.8 Å². The molecule has 0 fully saturated rings. The lowest BCUT2D eigenvalue weighted by atomic mass is 10.1. The molecule has 1 N–H and O–H groups in total. The highest BCUT2D eigenvalue weighted by Gasteiger charge is 2.13. The van der Waals surface area contributed by atoms with Crippen LogP contribution >= 0.6 is 11.6 Å². The number of carbonyl (C=O) groups excluding carboxylic acids is 1. The zero-order valence-corrected chi connectivity index (χ0v) is 12.3. The van der Waals surface area contributed by atoms with Crippen LogP contribution in [-0.4, -0.2) is 32.0 Å². The lowest BCUT2D eigenvalue weighted by Gasteiger charge is -2.11. The maximum absolute atomic E-state index is 12.1. The number of carbonyl (C=O) groups is 1. The molecule has 1 aromatic carbocycles. The molecule has 0 bridgehead atoms. The number of hydrogen-bond acceptors (Lipinski definition) is 3. The van der Waals surface area contributed by atoms with Crippen molar-refractivity contribution >= 4 is 17.5 Å². The molecule has 0 aromatic heterocycles. The zero-order chi connectivity index (χ0) is 14.3. The summed E-state index contributed by atoms with van der Waals surface area (Å²) in [6.45, 7) is 2.53.